The van der Waals surface area contributed by atoms with Crippen molar-refractivity contribution in [3.8, 4) is 0 Å². The number of aromatic nitrogens is 3. The highest BCUT2D eigenvalue weighted by Crippen LogP contribution is 2.43. The van der Waals surface area contributed by atoms with Crippen LogP contribution in [0.15, 0.2) is 24.5 Å². The van der Waals surface area contributed by atoms with Crippen LogP contribution in [0, 0.1) is 17.6 Å². The largest absolute Gasteiger partial charge is 0.338 e. The first-order valence-corrected chi connectivity index (χ1v) is 9.98. The molecule has 4 heterocycles. The van der Waals surface area contributed by atoms with Gasteiger partial charge in [0.2, 0.25) is 5.95 Å². The van der Waals surface area contributed by atoms with E-state index in [9.17, 15) is 13.2 Å². The highest BCUT2D eigenvalue weighted by molar-refractivity contribution is 7.99. The highest BCUT2D eigenvalue weighted by atomic mass is 32.2. The minimum absolute atomic E-state index is 0.0887. The van der Waals surface area contributed by atoms with Crippen LogP contribution in [-0.4, -0.2) is 39.3 Å². The standard InChI is InChI=1S/C18H21F3N6S/c1-17(2,21)14-12(20)6-24-16(25-14)27-7-10-8-28-15(22)26-18(10,9-27)13-4-3-11(19)5-23-13/h3-6,10,15,26H,7-9,22H2,1-2H3/t10-,15?,18-/m0/s1. The topological polar surface area (TPSA) is 80.0 Å². The van der Waals surface area contributed by atoms with Crippen LogP contribution in [0.2, 0.25) is 0 Å². The number of nitrogens with one attached hydrogen (secondary N) is 1. The van der Waals surface area contributed by atoms with E-state index in [0.717, 1.165) is 11.9 Å². The molecule has 28 heavy (non-hydrogen) atoms. The number of pyridine rings is 1. The quantitative estimate of drug-likeness (QED) is 0.804. The van der Waals surface area contributed by atoms with Crippen molar-refractivity contribution in [2.45, 2.75) is 30.6 Å². The molecule has 150 valence electrons. The molecule has 3 atom stereocenters. The maximum Gasteiger partial charge on any atom is 0.225 e. The number of fused-ring (bicyclic) bond motifs is 1. The predicted octanol–water partition coefficient (Wildman–Crippen LogP) is 2.26. The molecular weight excluding hydrogens is 389 g/mol. The lowest BCUT2D eigenvalue weighted by molar-refractivity contribution is 0.205. The van der Waals surface area contributed by atoms with E-state index < -0.39 is 22.8 Å². The van der Waals surface area contributed by atoms with Gasteiger partial charge < -0.3 is 10.6 Å². The molecule has 10 heteroatoms. The van der Waals surface area contributed by atoms with Crippen molar-refractivity contribution in [2.75, 3.05) is 23.7 Å². The molecule has 2 fully saturated rings. The molecule has 0 spiro atoms. The number of anilines is 1. The molecule has 0 radical (unpaired) electrons. The SMILES string of the molecule is CC(C)(F)c1nc(N2C[C@H]3CSC(N)N[C@@]3(c3ccc(F)cn3)C2)ncc1F. The maximum absolute atomic E-state index is 14.3. The molecule has 4 rings (SSSR count). The van der Waals surface area contributed by atoms with Crippen LogP contribution in [0.5, 0.6) is 0 Å². The molecule has 2 aliphatic rings. The Labute approximate surface area is 165 Å². The zero-order valence-corrected chi connectivity index (χ0v) is 16.3. The van der Waals surface area contributed by atoms with E-state index in [1.165, 1.54) is 26.1 Å². The summed E-state index contributed by atoms with van der Waals surface area (Å²) in [5, 5.41) is 3.39. The Hall–Kier alpha value is -1.91. The Morgan fingerprint density at radius 1 is 1.29 bits per heavy atom. The lowest BCUT2D eigenvalue weighted by Gasteiger charge is -2.41. The summed E-state index contributed by atoms with van der Waals surface area (Å²) in [5.74, 6) is -0.104. The minimum Gasteiger partial charge on any atom is -0.338 e. The summed E-state index contributed by atoms with van der Waals surface area (Å²) in [6.07, 6.45) is 2.18. The van der Waals surface area contributed by atoms with Crippen LogP contribution < -0.4 is 16.0 Å². The molecule has 2 aliphatic heterocycles. The number of nitrogens with zero attached hydrogens (tertiary/aromatic N) is 4. The molecular formula is C18H21F3N6S. The van der Waals surface area contributed by atoms with Gasteiger partial charge in [0.15, 0.2) is 5.82 Å². The van der Waals surface area contributed by atoms with Gasteiger partial charge in [0.25, 0.3) is 0 Å². The van der Waals surface area contributed by atoms with Crippen molar-refractivity contribution in [1.82, 2.24) is 20.3 Å². The fourth-order valence-corrected chi connectivity index (χ4v) is 5.00. The van der Waals surface area contributed by atoms with E-state index in [0.29, 0.717) is 18.8 Å². The van der Waals surface area contributed by atoms with E-state index in [1.54, 1.807) is 17.8 Å². The van der Waals surface area contributed by atoms with Gasteiger partial charge in [0, 0.05) is 24.8 Å². The number of halogens is 3. The predicted molar refractivity (Wildman–Crippen MR) is 101 cm³/mol. The van der Waals surface area contributed by atoms with Gasteiger partial charge in [-0.25, -0.2) is 23.1 Å². The Morgan fingerprint density at radius 3 is 2.75 bits per heavy atom. The third-order valence-electron chi connectivity index (χ3n) is 5.22. The summed E-state index contributed by atoms with van der Waals surface area (Å²) >= 11 is 1.58. The van der Waals surface area contributed by atoms with Gasteiger partial charge >= 0.3 is 0 Å². The summed E-state index contributed by atoms with van der Waals surface area (Å²) in [6.45, 7) is 3.48. The molecule has 6 nitrogen and oxygen atoms in total. The van der Waals surface area contributed by atoms with Crippen LogP contribution in [0.4, 0.5) is 19.1 Å². The summed E-state index contributed by atoms with van der Waals surface area (Å²) in [5.41, 5.74) is 3.66. The number of alkyl halides is 1. The van der Waals surface area contributed by atoms with Crippen LogP contribution in [0.3, 0.4) is 0 Å². The lowest BCUT2D eigenvalue weighted by Crippen LogP contribution is -2.59. The first kappa shape index (κ1) is 19.4. The number of hydrogen-bond acceptors (Lipinski definition) is 7. The van der Waals surface area contributed by atoms with Gasteiger partial charge in [0.1, 0.15) is 22.7 Å². The first-order valence-electron chi connectivity index (χ1n) is 8.93. The summed E-state index contributed by atoms with van der Waals surface area (Å²) in [7, 11) is 0. The maximum atomic E-state index is 14.3. The van der Waals surface area contributed by atoms with E-state index in [-0.39, 0.29) is 23.1 Å². The van der Waals surface area contributed by atoms with E-state index in [4.69, 9.17) is 5.73 Å². The highest BCUT2D eigenvalue weighted by Gasteiger charge is 2.52. The Bertz CT molecular complexity index is 875. The van der Waals surface area contributed by atoms with Gasteiger partial charge in [-0.2, -0.15) is 0 Å². The third kappa shape index (κ3) is 3.33. The second kappa shape index (κ2) is 6.85. The van der Waals surface area contributed by atoms with Crippen molar-refractivity contribution in [2.24, 2.45) is 11.7 Å². The summed E-state index contributed by atoms with van der Waals surface area (Å²) < 4.78 is 41.8. The molecule has 1 unspecified atom stereocenters. The van der Waals surface area contributed by atoms with Crippen molar-refractivity contribution in [1.29, 1.82) is 0 Å². The van der Waals surface area contributed by atoms with E-state index in [1.807, 2.05) is 4.90 Å². The van der Waals surface area contributed by atoms with Crippen LogP contribution >= 0.6 is 11.8 Å². The molecule has 2 aromatic heterocycles. The first-order chi connectivity index (χ1) is 13.2. The van der Waals surface area contributed by atoms with Crippen molar-refractivity contribution >= 4 is 17.7 Å². The van der Waals surface area contributed by atoms with Crippen molar-refractivity contribution in [3.63, 3.8) is 0 Å². The average molecular weight is 410 g/mol. The van der Waals surface area contributed by atoms with Crippen molar-refractivity contribution in [3.05, 3.63) is 47.5 Å². The summed E-state index contributed by atoms with van der Waals surface area (Å²) in [6, 6.07) is 3.01. The number of nitrogens with two attached hydrogens (primary N) is 1. The van der Waals surface area contributed by atoms with Crippen LogP contribution in [-0.2, 0) is 11.2 Å². The van der Waals surface area contributed by atoms with Gasteiger partial charge in [0.05, 0.1) is 23.6 Å². The zero-order valence-electron chi connectivity index (χ0n) is 15.5. The third-order valence-corrected chi connectivity index (χ3v) is 6.29. The lowest BCUT2D eigenvalue weighted by atomic mass is 9.84. The Morgan fingerprint density at radius 2 is 2.07 bits per heavy atom. The summed E-state index contributed by atoms with van der Waals surface area (Å²) in [4.78, 5) is 14.4. The molecule has 0 amide bonds. The number of thioether (sulfide) groups is 1. The second-order valence-corrected chi connectivity index (χ2v) is 8.82. The van der Waals surface area contributed by atoms with Crippen LogP contribution in [0.1, 0.15) is 25.2 Å². The molecule has 0 aromatic carbocycles. The second-order valence-electron chi connectivity index (χ2n) is 7.65. The zero-order chi connectivity index (χ0) is 20.1. The van der Waals surface area contributed by atoms with Gasteiger partial charge in [-0.05, 0) is 26.0 Å². The molecule has 2 saturated heterocycles. The molecule has 0 saturated carbocycles. The number of hydrogen-bond donors (Lipinski definition) is 2. The fraction of sp³-hybridized carbons (Fsp3) is 0.500. The monoisotopic (exact) mass is 410 g/mol. The molecule has 2 aromatic rings. The van der Waals surface area contributed by atoms with Gasteiger partial charge in [-0.3, -0.25) is 10.3 Å². The average Bonchev–Trinajstić information content (AvgIpc) is 3.01. The molecule has 0 aliphatic carbocycles. The fourth-order valence-electron chi connectivity index (χ4n) is 3.87. The Kier molecular flexibility index (Phi) is 4.75. The molecule has 3 N–H and O–H groups in total. The van der Waals surface area contributed by atoms with Gasteiger partial charge in [-0.1, -0.05) is 0 Å². The van der Waals surface area contributed by atoms with Crippen LogP contribution in [0.25, 0.3) is 0 Å². The van der Waals surface area contributed by atoms with Crippen molar-refractivity contribution < 1.29 is 13.2 Å². The van der Waals surface area contributed by atoms with E-state index >= 15 is 0 Å². The van der Waals surface area contributed by atoms with E-state index in [2.05, 4.69) is 20.3 Å². The number of rotatable bonds is 3. The van der Waals surface area contributed by atoms with Gasteiger partial charge in [-0.15, -0.1) is 11.8 Å². The Balaban J connectivity index is 1.72. The molecule has 0 bridgehead atoms. The minimum atomic E-state index is -1.93. The normalized spacial score (nSPS) is 27.7. The smallest absolute Gasteiger partial charge is 0.225 e.